The van der Waals surface area contributed by atoms with Crippen LogP contribution in [0.4, 0.5) is 0 Å². The highest BCUT2D eigenvalue weighted by Crippen LogP contribution is 2.05. The second-order valence-corrected chi connectivity index (χ2v) is 3.16. The number of esters is 1. The largest absolute Gasteiger partial charge is 0.450 e. The summed E-state index contributed by atoms with van der Waals surface area (Å²) in [4.78, 5) is 10.5. The molecular weight excluding hydrogens is 170 g/mol. The fraction of sp³-hybridized carbons (Fsp3) is 0.600. The Morgan fingerprint density at radius 3 is 2.70 bits per heavy atom. The molecule has 10 heavy (non-hydrogen) atoms. The van der Waals surface area contributed by atoms with Crippen molar-refractivity contribution in [2.45, 2.75) is 11.0 Å². The molecule has 0 heterocycles. The lowest BCUT2D eigenvalue weighted by molar-refractivity contribution is -0.141. The molecule has 3 nitrogen and oxygen atoms in total. The zero-order valence-electron chi connectivity index (χ0n) is 5.15. The maximum Gasteiger partial charge on any atom is 0.308 e. The van der Waals surface area contributed by atoms with Gasteiger partial charge >= 0.3 is 5.97 Å². The summed E-state index contributed by atoms with van der Waals surface area (Å²) in [5, 5.41) is 7.98. The first-order valence-corrected chi connectivity index (χ1v) is 3.59. The summed E-state index contributed by atoms with van der Waals surface area (Å²) in [6, 6.07) is 1.68. The maximum absolute atomic E-state index is 10.5. The number of hydrogen-bond donors (Lipinski definition) is 2. The number of hydrogen-bond acceptors (Lipinski definition) is 5. The van der Waals surface area contributed by atoms with Crippen LogP contribution in [0.5, 0.6) is 0 Å². The molecule has 0 spiro atoms. The molecule has 0 aromatic rings. The highest BCUT2D eigenvalue weighted by Gasteiger charge is 2.05. The Kier molecular flexibility index (Phi) is 5.26. The lowest BCUT2D eigenvalue weighted by Gasteiger charge is -2.00. The minimum Gasteiger partial charge on any atom is -0.450 e. The van der Waals surface area contributed by atoms with Gasteiger partial charge in [-0.1, -0.05) is 0 Å². The van der Waals surface area contributed by atoms with Crippen LogP contribution in [0.1, 0.15) is 6.42 Å². The van der Waals surface area contributed by atoms with Crippen molar-refractivity contribution in [3.63, 3.8) is 0 Å². The highest BCUT2D eigenvalue weighted by molar-refractivity contribution is 7.99. The standard InChI is InChI=1S/C5H7NO2S2/c6-1-2-8-4(7)3-5(9)10/h5,9-10H,2-3H2. The monoisotopic (exact) mass is 177 g/mol. The molecule has 0 fully saturated rings. The van der Waals surface area contributed by atoms with Crippen LogP contribution in [0, 0.1) is 11.3 Å². The second-order valence-electron chi connectivity index (χ2n) is 1.50. The van der Waals surface area contributed by atoms with E-state index in [1.54, 1.807) is 6.07 Å². The third kappa shape index (κ3) is 5.79. The van der Waals surface area contributed by atoms with Gasteiger partial charge in [0.15, 0.2) is 6.61 Å². The molecule has 0 unspecified atom stereocenters. The molecule has 56 valence electrons. The summed E-state index contributed by atoms with van der Waals surface area (Å²) < 4.78 is 4.09. The number of carbonyl (C=O) groups excluding carboxylic acids is 1. The van der Waals surface area contributed by atoms with Gasteiger partial charge in [-0.05, 0) is 0 Å². The molecule has 0 aliphatic heterocycles. The molecule has 0 N–H and O–H groups in total. The van der Waals surface area contributed by atoms with Gasteiger partial charge in [0.2, 0.25) is 0 Å². The van der Waals surface area contributed by atoms with Gasteiger partial charge in [0.1, 0.15) is 6.07 Å². The zero-order chi connectivity index (χ0) is 7.98. The third-order valence-corrected chi connectivity index (χ3v) is 1.01. The van der Waals surface area contributed by atoms with Gasteiger partial charge in [-0.3, -0.25) is 4.79 Å². The number of ether oxygens (including phenoxy) is 1. The summed E-state index contributed by atoms with van der Waals surface area (Å²) in [6.45, 7) is -0.201. The van der Waals surface area contributed by atoms with Crippen LogP contribution in [0.3, 0.4) is 0 Å². The van der Waals surface area contributed by atoms with E-state index in [9.17, 15) is 4.79 Å². The van der Waals surface area contributed by atoms with Crippen molar-refractivity contribution in [3.05, 3.63) is 0 Å². The molecule has 0 bridgehead atoms. The average molecular weight is 177 g/mol. The smallest absolute Gasteiger partial charge is 0.308 e. The predicted molar refractivity (Wildman–Crippen MR) is 42.9 cm³/mol. The zero-order valence-corrected chi connectivity index (χ0v) is 6.94. The van der Waals surface area contributed by atoms with E-state index in [1.807, 2.05) is 0 Å². The van der Waals surface area contributed by atoms with Crippen molar-refractivity contribution in [2.75, 3.05) is 6.61 Å². The Morgan fingerprint density at radius 1 is 1.70 bits per heavy atom. The van der Waals surface area contributed by atoms with Gasteiger partial charge in [-0.2, -0.15) is 30.5 Å². The number of thiol groups is 2. The lowest BCUT2D eigenvalue weighted by Crippen LogP contribution is -2.07. The van der Waals surface area contributed by atoms with E-state index in [2.05, 4.69) is 30.0 Å². The number of nitriles is 1. The van der Waals surface area contributed by atoms with Crippen molar-refractivity contribution >= 4 is 31.2 Å². The van der Waals surface area contributed by atoms with Crippen LogP contribution in [0.25, 0.3) is 0 Å². The van der Waals surface area contributed by atoms with Crippen LogP contribution in [-0.2, 0) is 9.53 Å². The Bertz CT molecular complexity index is 152. The topological polar surface area (TPSA) is 50.1 Å². The fourth-order valence-corrected chi connectivity index (χ4v) is 0.619. The molecule has 0 atom stereocenters. The van der Waals surface area contributed by atoms with Crippen LogP contribution in [-0.4, -0.2) is 17.2 Å². The van der Waals surface area contributed by atoms with Gasteiger partial charge < -0.3 is 4.74 Å². The second kappa shape index (κ2) is 5.45. The quantitative estimate of drug-likeness (QED) is 0.377. The number of nitrogens with zero attached hydrogens (tertiary/aromatic N) is 1. The molecule has 0 aromatic heterocycles. The lowest BCUT2D eigenvalue weighted by atomic mass is 10.5. The Hall–Kier alpha value is -0.340. The van der Waals surface area contributed by atoms with Crippen molar-refractivity contribution in [1.29, 1.82) is 5.26 Å². The normalized spacial score (nSPS) is 9.00. The minimum atomic E-state index is -0.448. The first-order chi connectivity index (χ1) is 4.66. The van der Waals surface area contributed by atoms with Gasteiger partial charge in [0.05, 0.1) is 11.0 Å². The van der Waals surface area contributed by atoms with E-state index in [4.69, 9.17) is 5.26 Å². The molecule has 0 aliphatic rings. The molecule has 0 radical (unpaired) electrons. The highest BCUT2D eigenvalue weighted by atomic mass is 32.2. The molecule has 0 amide bonds. The molecular formula is C5H7NO2S2. The average Bonchev–Trinajstić information content (AvgIpc) is 1.82. The van der Waals surface area contributed by atoms with E-state index in [0.717, 1.165) is 0 Å². The van der Waals surface area contributed by atoms with E-state index < -0.39 is 5.97 Å². The number of carbonyl (C=O) groups is 1. The van der Waals surface area contributed by atoms with E-state index in [-0.39, 0.29) is 17.6 Å². The van der Waals surface area contributed by atoms with E-state index in [0.29, 0.717) is 0 Å². The van der Waals surface area contributed by atoms with Gasteiger partial charge in [0.25, 0.3) is 0 Å². The minimum absolute atomic E-state index is 0.119. The molecule has 5 heteroatoms. The number of rotatable bonds is 3. The van der Waals surface area contributed by atoms with Crippen LogP contribution >= 0.6 is 25.3 Å². The molecule has 0 aliphatic carbocycles. The Morgan fingerprint density at radius 2 is 2.30 bits per heavy atom. The van der Waals surface area contributed by atoms with Crippen molar-refractivity contribution < 1.29 is 9.53 Å². The molecule has 0 saturated heterocycles. The first-order valence-electron chi connectivity index (χ1n) is 2.55. The van der Waals surface area contributed by atoms with Gasteiger partial charge in [-0.15, -0.1) is 0 Å². The molecule has 0 rings (SSSR count). The van der Waals surface area contributed by atoms with Crippen LogP contribution < -0.4 is 0 Å². The van der Waals surface area contributed by atoms with Crippen LogP contribution in [0.15, 0.2) is 0 Å². The molecule has 0 saturated carbocycles. The summed E-state index contributed by atoms with van der Waals surface area (Å²) >= 11 is 7.68. The van der Waals surface area contributed by atoms with E-state index in [1.165, 1.54) is 0 Å². The van der Waals surface area contributed by atoms with Gasteiger partial charge in [0, 0.05) is 0 Å². The third-order valence-electron chi connectivity index (χ3n) is 0.647. The van der Waals surface area contributed by atoms with E-state index >= 15 is 0 Å². The summed E-state index contributed by atoms with van der Waals surface area (Å²) in [5.74, 6) is -0.448. The first kappa shape index (κ1) is 9.66. The van der Waals surface area contributed by atoms with Gasteiger partial charge in [-0.25, -0.2) is 0 Å². The van der Waals surface area contributed by atoms with Crippen molar-refractivity contribution in [3.8, 4) is 6.07 Å². The van der Waals surface area contributed by atoms with Crippen LogP contribution in [0.2, 0.25) is 0 Å². The van der Waals surface area contributed by atoms with Crippen molar-refractivity contribution in [1.82, 2.24) is 0 Å². The SMILES string of the molecule is N#CCOC(=O)CC(S)S. The Balaban J connectivity index is 3.37. The summed E-state index contributed by atoms with van der Waals surface area (Å²) in [6.07, 6.45) is 0.119. The molecule has 0 aromatic carbocycles. The van der Waals surface area contributed by atoms with Crippen molar-refractivity contribution in [2.24, 2.45) is 0 Å². The summed E-state index contributed by atoms with van der Waals surface area (Å²) in [5.41, 5.74) is 0. The predicted octanol–water partition coefficient (Wildman–Crippen LogP) is 0.629. The maximum atomic E-state index is 10.5. The Labute approximate surface area is 70.2 Å². The summed E-state index contributed by atoms with van der Waals surface area (Å²) in [7, 11) is 0. The fourth-order valence-electron chi connectivity index (χ4n) is 0.321.